The summed E-state index contributed by atoms with van der Waals surface area (Å²) >= 11 is 0. The average Bonchev–Trinajstić information content (AvgIpc) is 2.48. The summed E-state index contributed by atoms with van der Waals surface area (Å²) in [5.74, 6) is -2.14. The minimum atomic E-state index is -1.21. The van der Waals surface area contributed by atoms with Crippen LogP contribution in [0.15, 0.2) is 24.3 Å². The first kappa shape index (κ1) is 15.0. The molecule has 6 heteroatoms. The minimum Gasteiger partial charge on any atom is -0.480 e. The Morgan fingerprint density at radius 1 is 1.10 bits per heavy atom. The summed E-state index contributed by atoms with van der Waals surface area (Å²) in [5.41, 5.74) is 4.42. The number of hydrogen-bond donors (Lipinski definition) is 3. The number of nitrogens with one attached hydrogen (secondary N) is 1. The van der Waals surface area contributed by atoms with Crippen LogP contribution in [0.25, 0.3) is 0 Å². The van der Waals surface area contributed by atoms with Crippen molar-refractivity contribution >= 4 is 17.8 Å². The number of carboxylic acids is 1. The Morgan fingerprint density at radius 2 is 1.71 bits per heavy atom. The first-order chi connectivity index (χ1) is 9.94. The van der Waals surface area contributed by atoms with Gasteiger partial charge in [-0.15, -0.1) is 0 Å². The number of nitrogens with two attached hydrogens (primary N) is 1. The number of carboxylic acid groups (broad SMARTS) is 1. The molecule has 6 nitrogen and oxygen atoms in total. The quantitative estimate of drug-likeness (QED) is 0.776. The third-order valence-electron chi connectivity index (χ3n) is 3.88. The smallest absolute Gasteiger partial charge is 0.329 e. The Kier molecular flexibility index (Phi) is 4.26. The van der Waals surface area contributed by atoms with Gasteiger partial charge in [-0.2, -0.15) is 0 Å². The lowest BCUT2D eigenvalue weighted by Crippen LogP contribution is -2.55. The summed E-state index contributed by atoms with van der Waals surface area (Å²) < 4.78 is 0. The van der Waals surface area contributed by atoms with E-state index < -0.39 is 23.3 Å². The van der Waals surface area contributed by atoms with Crippen LogP contribution in [0.5, 0.6) is 0 Å². The zero-order valence-electron chi connectivity index (χ0n) is 11.6. The summed E-state index contributed by atoms with van der Waals surface area (Å²) in [6.07, 6.45) is 3.36. The fourth-order valence-electron chi connectivity index (χ4n) is 2.65. The second-order valence-corrected chi connectivity index (χ2v) is 5.35. The van der Waals surface area contributed by atoms with E-state index in [9.17, 15) is 19.5 Å². The predicted molar refractivity (Wildman–Crippen MR) is 75.9 cm³/mol. The highest BCUT2D eigenvalue weighted by Crippen LogP contribution is 2.28. The van der Waals surface area contributed by atoms with Crippen LogP contribution >= 0.6 is 0 Å². The lowest BCUT2D eigenvalue weighted by Gasteiger charge is -2.34. The molecule has 0 bridgehead atoms. The van der Waals surface area contributed by atoms with Crippen LogP contribution in [0.3, 0.4) is 0 Å². The Morgan fingerprint density at radius 3 is 2.29 bits per heavy atom. The normalized spacial score (nSPS) is 17.0. The molecule has 1 aromatic carbocycles. The molecular weight excluding hydrogens is 272 g/mol. The van der Waals surface area contributed by atoms with Crippen LogP contribution in [0.4, 0.5) is 0 Å². The van der Waals surface area contributed by atoms with Crippen LogP contribution < -0.4 is 11.1 Å². The van der Waals surface area contributed by atoms with Crippen LogP contribution in [0.1, 0.15) is 52.8 Å². The third kappa shape index (κ3) is 3.21. The van der Waals surface area contributed by atoms with Crippen molar-refractivity contribution < 1.29 is 19.5 Å². The van der Waals surface area contributed by atoms with E-state index in [1.54, 1.807) is 6.07 Å². The number of amides is 2. The van der Waals surface area contributed by atoms with Crippen molar-refractivity contribution in [3.8, 4) is 0 Å². The van der Waals surface area contributed by atoms with E-state index in [1.165, 1.54) is 18.2 Å². The van der Waals surface area contributed by atoms with Crippen LogP contribution in [-0.2, 0) is 4.79 Å². The van der Waals surface area contributed by atoms with Crippen LogP contribution in [0.2, 0.25) is 0 Å². The maximum atomic E-state index is 12.3. The summed E-state index contributed by atoms with van der Waals surface area (Å²) in [4.78, 5) is 34.9. The van der Waals surface area contributed by atoms with Crippen molar-refractivity contribution in [3.05, 3.63) is 35.4 Å². The van der Waals surface area contributed by atoms with Crippen molar-refractivity contribution in [1.29, 1.82) is 0 Å². The largest absolute Gasteiger partial charge is 0.480 e. The van der Waals surface area contributed by atoms with Crippen molar-refractivity contribution in [2.24, 2.45) is 5.73 Å². The van der Waals surface area contributed by atoms with E-state index in [0.717, 1.165) is 19.3 Å². The van der Waals surface area contributed by atoms with Gasteiger partial charge < -0.3 is 16.2 Å². The molecule has 1 aromatic rings. The maximum Gasteiger partial charge on any atom is 0.329 e. The Bertz CT molecular complexity index is 577. The molecule has 1 fully saturated rings. The van der Waals surface area contributed by atoms with Crippen molar-refractivity contribution in [1.82, 2.24) is 5.32 Å². The molecule has 21 heavy (non-hydrogen) atoms. The number of benzene rings is 1. The molecule has 1 aliphatic rings. The summed E-state index contributed by atoms with van der Waals surface area (Å²) in [7, 11) is 0. The second-order valence-electron chi connectivity index (χ2n) is 5.35. The van der Waals surface area contributed by atoms with Gasteiger partial charge >= 0.3 is 5.97 Å². The fraction of sp³-hybridized carbons (Fsp3) is 0.400. The summed E-state index contributed by atoms with van der Waals surface area (Å²) in [6.45, 7) is 0. The van der Waals surface area contributed by atoms with E-state index in [2.05, 4.69) is 5.32 Å². The van der Waals surface area contributed by atoms with E-state index in [4.69, 9.17) is 5.73 Å². The number of carbonyl (C=O) groups is 3. The van der Waals surface area contributed by atoms with Crippen molar-refractivity contribution in [3.63, 3.8) is 0 Å². The molecule has 4 N–H and O–H groups in total. The maximum absolute atomic E-state index is 12.3. The lowest BCUT2D eigenvalue weighted by molar-refractivity contribution is -0.145. The highest BCUT2D eigenvalue weighted by atomic mass is 16.4. The van der Waals surface area contributed by atoms with Gasteiger partial charge in [-0.05, 0) is 31.0 Å². The Hall–Kier alpha value is -2.37. The van der Waals surface area contributed by atoms with Gasteiger partial charge in [0.15, 0.2) is 0 Å². The molecule has 0 heterocycles. The Balaban J connectivity index is 2.21. The molecule has 0 atom stereocenters. The monoisotopic (exact) mass is 290 g/mol. The molecule has 0 aromatic heterocycles. The molecule has 1 saturated carbocycles. The molecule has 0 radical (unpaired) electrons. The van der Waals surface area contributed by atoms with E-state index in [-0.39, 0.29) is 11.1 Å². The topological polar surface area (TPSA) is 109 Å². The van der Waals surface area contributed by atoms with E-state index >= 15 is 0 Å². The average molecular weight is 290 g/mol. The standard InChI is InChI=1S/C15H18N2O4/c16-12(18)10-5-4-6-11(9-10)13(19)17-15(14(20)21)7-2-1-3-8-15/h4-6,9H,1-3,7-8H2,(H2,16,18)(H,17,19)(H,20,21). The van der Waals surface area contributed by atoms with Crippen molar-refractivity contribution in [2.75, 3.05) is 0 Å². The molecule has 2 rings (SSSR count). The SMILES string of the molecule is NC(=O)c1cccc(C(=O)NC2(C(=O)O)CCCCC2)c1. The van der Waals surface area contributed by atoms with Gasteiger partial charge in [0.25, 0.3) is 5.91 Å². The summed E-state index contributed by atoms with van der Waals surface area (Å²) in [5, 5.41) is 12.1. The number of aliphatic carboxylic acids is 1. The molecule has 0 spiro atoms. The minimum absolute atomic E-state index is 0.218. The zero-order chi connectivity index (χ0) is 15.5. The van der Waals surface area contributed by atoms with Crippen LogP contribution in [-0.4, -0.2) is 28.4 Å². The lowest BCUT2D eigenvalue weighted by atomic mass is 9.81. The van der Waals surface area contributed by atoms with Crippen LogP contribution in [0, 0.1) is 0 Å². The number of hydrogen-bond acceptors (Lipinski definition) is 3. The van der Waals surface area contributed by atoms with Gasteiger partial charge in [-0.25, -0.2) is 4.79 Å². The first-order valence-electron chi connectivity index (χ1n) is 6.90. The second kappa shape index (κ2) is 5.95. The first-order valence-corrected chi connectivity index (χ1v) is 6.90. The van der Waals surface area contributed by atoms with Gasteiger partial charge in [0, 0.05) is 11.1 Å². The zero-order valence-corrected chi connectivity index (χ0v) is 11.6. The van der Waals surface area contributed by atoms with Gasteiger partial charge in [-0.3, -0.25) is 9.59 Å². The third-order valence-corrected chi connectivity index (χ3v) is 3.88. The molecule has 1 aliphatic carbocycles. The van der Waals surface area contributed by atoms with Crippen molar-refractivity contribution in [2.45, 2.75) is 37.6 Å². The van der Waals surface area contributed by atoms with Gasteiger partial charge in [-0.1, -0.05) is 25.3 Å². The molecule has 2 amide bonds. The Labute approximate surface area is 122 Å². The fourth-order valence-corrected chi connectivity index (χ4v) is 2.65. The molecule has 0 aliphatic heterocycles. The van der Waals surface area contributed by atoms with E-state index in [0.29, 0.717) is 12.8 Å². The van der Waals surface area contributed by atoms with E-state index in [1.807, 2.05) is 0 Å². The summed E-state index contributed by atoms with van der Waals surface area (Å²) in [6, 6.07) is 5.95. The molecule has 112 valence electrons. The predicted octanol–water partition coefficient (Wildman–Crippen LogP) is 1.30. The van der Waals surface area contributed by atoms with Gasteiger partial charge in [0.2, 0.25) is 5.91 Å². The number of carbonyl (C=O) groups excluding carboxylic acids is 2. The number of primary amides is 1. The molecular formula is C15H18N2O4. The number of rotatable bonds is 4. The van der Waals surface area contributed by atoms with Gasteiger partial charge in [0.05, 0.1) is 0 Å². The molecule has 0 saturated heterocycles. The highest BCUT2D eigenvalue weighted by molar-refractivity contribution is 6.01. The van der Waals surface area contributed by atoms with Gasteiger partial charge in [0.1, 0.15) is 5.54 Å². The highest BCUT2D eigenvalue weighted by Gasteiger charge is 2.41. The molecule has 0 unspecified atom stereocenters.